The number of hydrogen-bond donors (Lipinski definition) is 0. The van der Waals surface area contributed by atoms with E-state index in [0.29, 0.717) is 22.3 Å². The summed E-state index contributed by atoms with van der Waals surface area (Å²) in [6, 6.07) is 33.4. The molecule has 4 rings (SSSR count). The molecule has 0 saturated carbocycles. The summed E-state index contributed by atoms with van der Waals surface area (Å²) in [5.74, 6) is -1.50. The molecule has 0 aliphatic heterocycles. The van der Waals surface area contributed by atoms with Gasteiger partial charge in [0.25, 0.3) is 0 Å². The largest absolute Gasteiger partial charge is 0.386 e. The molecule has 0 aliphatic carbocycles. The first-order valence-electron chi connectivity index (χ1n) is 10.8. The van der Waals surface area contributed by atoms with Crippen molar-refractivity contribution in [3.8, 4) is 0 Å². The molecule has 0 aliphatic rings. The molecule has 0 aromatic heterocycles. The first-order chi connectivity index (χ1) is 16.7. The predicted octanol–water partition coefficient (Wildman–Crippen LogP) is 6.96. The lowest BCUT2D eigenvalue weighted by atomic mass is 10.1. The molecule has 0 radical (unpaired) electrons. The van der Waals surface area contributed by atoms with Gasteiger partial charge in [0, 0.05) is 0 Å². The van der Waals surface area contributed by atoms with Crippen molar-refractivity contribution in [2.45, 2.75) is 0 Å². The third kappa shape index (κ3) is 5.96. The molecule has 0 bridgehead atoms. The maximum Gasteiger partial charge on any atom is 0.386 e. The van der Waals surface area contributed by atoms with Crippen LogP contribution in [0.5, 0.6) is 0 Å². The van der Waals surface area contributed by atoms with Gasteiger partial charge in [0.1, 0.15) is 0 Å². The van der Waals surface area contributed by atoms with Crippen molar-refractivity contribution in [2.24, 2.45) is 0 Å². The SMILES string of the molecule is O=C(OOC(=O)c1ccccc1C=Cc1ccccc1)c1ccccc1C=Cc1ccccc1. The van der Waals surface area contributed by atoms with Crippen LogP contribution in [0.2, 0.25) is 0 Å². The topological polar surface area (TPSA) is 52.6 Å². The van der Waals surface area contributed by atoms with Gasteiger partial charge in [-0.2, -0.15) is 0 Å². The Bertz CT molecular complexity index is 1220. The van der Waals surface area contributed by atoms with E-state index in [2.05, 4.69) is 0 Å². The smallest absolute Gasteiger partial charge is 0.241 e. The standard InChI is InChI=1S/C30H22O4/c31-29(27-17-9-7-15-25(27)21-19-23-11-3-1-4-12-23)33-34-30(32)28-18-10-8-16-26(28)22-20-24-13-5-2-6-14-24/h1-22H. The molecule has 34 heavy (non-hydrogen) atoms. The highest BCUT2D eigenvalue weighted by molar-refractivity contribution is 5.97. The Kier molecular flexibility index (Phi) is 7.44. The number of carbonyl (C=O) groups excluding carboxylic acids is 2. The van der Waals surface area contributed by atoms with Gasteiger partial charge in [0.2, 0.25) is 0 Å². The monoisotopic (exact) mass is 446 g/mol. The van der Waals surface area contributed by atoms with Crippen LogP contribution in [-0.4, -0.2) is 11.9 Å². The second-order valence-electron chi connectivity index (χ2n) is 7.40. The summed E-state index contributed by atoms with van der Waals surface area (Å²) in [5.41, 5.74) is 3.88. The van der Waals surface area contributed by atoms with E-state index in [4.69, 9.17) is 9.78 Å². The Morgan fingerprint density at radius 1 is 0.441 bits per heavy atom. The fraction of sp³-hybridized carbons (Fsp3) is 0. The fourth-order valence-corrected chi connectivity index (χ4v) is 3.32. The van der Waals surface area contributed by atoms with Gasteiger partial charge in [-0.05, 0) is 34.4 Å². The molecular weight excluding hydrogens is 424 g/mol. The lowest BCUT2D eigenvalue weighted by molar-refractivity contribution is -0.187. The Hall–Kier alpha value is -4.70. The first-order valence-corrected chi connectivity index (χ1v) is 10.8. The second-order valence-corrected chi connectivity index (χ2v) is 7.40. The van der Waals surface area contributed by atoms with Gasteiger partial charge < -0.3 is 0 Å². The minimum atomic E-state index is -0.751. The van der Waals surface area contributed by atoms with Crippen molar-refractivity contribution < 1.29 is 19.4 Å². The van der Waals surface area contributed by atoms with E-state index >= 15 is 0 Å². The van der Waals surface area contributed by atoms with Crippen LogP contribution >= 0.6 is 0 Å². The molecule has 0 heterocycles. The van der Waals surface area contributed by atoms with Crippen LogP contribution in [0.15, 0.2) is 109 Å². The highest BCUT2D eigenvalue weighted by Crippen LogP contribution is 2.17. The molecule has 4 nitrogen and oxygen atoms in total. The number of carbonyl (C=O) groups is 2. The zero-order chi connectivity index (χ0) is 23.6. The van der Waals surface area contributed by atoms with Gasteiger partial charge in [-0.15, -0.1) is 0 Å². The average Bonchev–Trinajstić information content (AvgIpc) is 2.90. The van der Waals surface area contributed by atoms with E-state index in [9.17, 15) is 9.59 Å². The minimum absolute atomic E-state index is 0.291. The Morgan fingerprint density at radius 2 is 0.794 bits per heavy atom. The Morgan fingerprint density at radius 3 is 1.21 bits per heavy atom. The molecule has 4 aromatic carbocycles. The zero-order valence-electron chi connectivity index (χ0n) is 18.3. The minimum Gasteiger partial charge on any atom is -0.241 e. The maximum atomic E-state index is 12.7. The van der Waals surface area contributed by atoms with Crippen molar-refractivity contribution >= 4 is 36.2 Å². The van der Waals surface area contributed by atoms with Crippen LogP contribution < -0.4 is 0 Å². The maximum absolute atomic E-state index is 12.7. The van der Waals surface area contributed by atoms with Gasteiger partial charge in [-0.1, -0.05) is 121 Å². The summed E-state index contributed by atoms with van der Waals surface area (Å²) in [6.07, 6.45) is 7.43. The molecule has 0 fully saturated rings. The van der Waals surface area contributed by atoms with E-state index in [1.807, 2.05) is 97.1 Å². The molecule has 0 saturated heterocycles. The number of benzene rings is 4. The van der Waals surface area contributed by atoms with Crippen molar-refractivity contribution in [2.75, 3.05) is 0 Å². The molecule has 0 spiro atoms. The van der Waals surface area contributed by atoms with Gasteiger partial charge in [-0.25, -0.2) is 19.4 Å². The van der Waals surface area contributed by atoms with Crippen LogP contribution in [0.1, 0.15) is 43.0 Å². The highest BCUT2D eigenvalue weighted by atomic mass is 17.2. The summed E-state index contributed by atoms with van der Waals surface area (Å²) >= 11 is 0. The lowest BCUT2D eigenvalue weighted by Crippen LogP contribution is -2.13. The van der Waals surface area contributed by atoms with Gasteiger partial charge in [-0.3, -0.25) is 0 Å². The summed E-state index contributed by atoms with van der Waals surface area (Å²) in [5, 5.41) is 0. The van der Waals surface area contributed by atoms with E-state index in [1.54, 1.807) is 36.4 Å². The van der Waals surface area contributed by atoms with Crippen LogP contribution in [-0.2, 0) is 9.78 Å². The van der Waals surface area contributed by atoms with Crippen LogP contribution in [0, 0.1) is 0 Å². The molecule has 4 aromatic rings. The molecular formula is C30H22O4. The highest BCUT2D eigenvalue weighted by Gasteiger charge is 2.17. The molecule has 0 unspecified atom stereocenters. The predicted molar refractivity (Wildman–Crippen MR) is 134 cm³/mol. The molecule has 0 amide bonds. The number of rotatable bonds is 6. The van der Waals surface area contributed by atoms with Gasteiger partial charge in [0.15, 0.2) is 0 Å². The third-order valence-corrected chi connectivity index (χ3v) is 5.06. The summed E-state index contributed by atoms with van der Waals surface area (Å²) in [4.78, 5) is 35.1. The van der Waals surface area contributed by atoms with Crippen molar-refractivity contribution in [3.05, 3.63) is 143 Å². The average molecular weight is 447 g/mol. The van der Waals surface area contributed by atoms with Crippen molar-refractivity contribution in [1.29, 1.82) is 0 Å². The van der Waals surface area contributed by atoms with E-state index < -0.39 is 11.9 Å². The second kappa shape index (κ2) is 11.2. The van der Waals surface area contributed by atoms with Gasteiger partial charge in [0.05, 0.1) is 11.1 Å². The molecule has 166 valence electrons. The van der Waals surface area contributed by atoms with Crippen LogP contribution in [0.3, 0.4) is 0 Å². The number of hydrogen-bond acceptors (Lipinski definition) is 4. The summed E-state index contributed by atoms with van der Waals surface area (Å²) < 4.78 is 0. The summed E-state index contributed by atoms with van der Waals surface area (Å²) in [7, 11) is 0. The Balaban J connectivity index is 1.45. The first kappa shape index (κ1) is 22.5. The van der Waals surface area contributed by atoms with Crippen LogP contribution in [0.4, 0.5) is 0 Å². The van der Waals surface area contributed by atoms with Gasteiger partial charge >= 0.3 is 11.9 Å². The Labute approximate surface area is 198 Å². The van der Waals surface area contributed by atoms with E-state index in [0.717, 1.165) is 11.1 Å². The normalized spacial score (nSPS) is 10.9. The van der Waals surface area contributed by atoms with E-state index in [1.165, 1.54) is 0 Å². The van der Waals surface area contributed by atoms with E-state index in [-0.39, 0.29) is 0 Å². The quantitative estimate of drug-likeness (QED) is 0.183. The van der Waals surface area contributed by atoms with Crippen molar-refractivity contribution in [1.82, 2.24) is 0 Å². The fourth-order valence-electron chi connectivity index (χ4n) is 3.32. The zero-order valence-corrected chi connectivity index (χ0v) is 18.3. The molecule has 0 atom stereocenters. The summed E-state index contributed by atoms with van der Waals surface area (Å²) in [6.45, 7) is 0. The van der Waals surface area contributed by atoms with Crippen molar-refractivity contribution in [3.63, 3.8) is 0 Å². The van der Waals surface area contributed by atoms with Crippen LogP contribution in [0.25, 0.3) is 24.3 Å². The third-order valence-electron chi connectivity index (χ3n) is 5.06. The molecule has 4 heteroatoms. The lowest BCUT2D eigenvalue weighted by Gasteiger charge is -2.07. The molecule has 0 N–H and O–H groups in total.